The van der Waals surface area contributed by atoms with Gasteiger partial charge in [-0.1, -0.05) is 11.8 Å². The lowest BCUT2D eigenvalue weighted by Gasteiger charge is -2.05. The number of hydrogen-bond acceptors (Lipinski definition) is 5. The van der Waals surface area contributed by atoms with Crippen molar-refractivity contribution in [1.29, 1.82) is 0 Å². The van der Waals surface area contributed by atoms with Crippen LogP contribution in [0, 0.1) is 0 Å². The summed E-state index contributed by atoms with van der Waals surface area (Å²) in [6.07, 6.45) is -4.77. The Hall–Kier alpha value is -0.830. The molecule has 0 amide bonds. The van der Waals surface area contributed by atoms with Gasteiger partial charge in [0, 0.05) is 18.7 Å². The van der Waals surface area contributed by atoms with Crippen LogP contribution in [0.15, 0.2) is 5.16 Å². The van der Waals surface area contributed by atoms with Crippen LogP contribution >= 0.6 is 11.8 Å². The lowest BCUT2D eigenvalue weighted by Crippen LogP contribution is -2.16. The Morgan fingerprint density at radius 3 is 2.82 bits per heavy atom. The predicted molar refractivity (Wildman–Crippen MR) is 57.8 cm³/mol. The normalized spacial score (nSPS) is 12.0. The van der Waals surface area contributed by atoms with Crippen LogP contribution in [-0.2, 0) is 6.54 Å². The smallest absolute Gasteiger partial charge is 0.318 e. The largest absolute Gasteiger partial charge is 0.389 e. The van der Waals surface area contributed by atoms with Crippen LogP contribution in [0.25, 0.3) is 0 Å². The molecule has 0 unspecified atom stereocenters. The first-order valence-corrected chi connectivity index (χ1v) is 6.12. The van der Waals surface area contributed by atoms with E-state index in [-0.39, 0.29) is 6.42 Å². The van der Waals surface area contributed by atoms with Crippen molar-refractivity contribution < 1.29 is 13.2 Å². The second kappa shape index (κ2) is 6.80. The average molecular weight is 269 g/mol. The molecule has 0 saturated carbocycles. The van der Waals surface area contributed by atoms with E-state index in [1.165, 1.54) is 11.8 Å². The van der Waals surface area contributed by atoms with E-state index in [9.17, 15) is 13.2 Å². The van der Waals surface area contributed by atoms with E-state index in [4.69, 9.17) is 0 Å². The molecule has 9 heteroatoms. The Morgan fingerprint density at radius 2 is 2.18 bits per heavy atom. The number of aromatic nitrogens is 4. The van der Waals surface area contributed by atoms with Crippen molar-refractivity contribution in [3.8, 4) is 0 Å². The zero-order valence-corrected chi connectivity index (χ0v) is 10.2. The highest BCUT2D eigenvalue weighted by molar-refractivity contribution is 7.99. The molecule has 0 aliphatic rings. The monoisotopic (exact) mass is 269 g/mol. The summed E-state index contributed by atoms with van der Waals surface area (Å²) in [5, 5.41) is 14.5. The van der Waals surface area contributed by atoms with Gasteiger partial charge in [0.15, 0.2) is 0 Å². The number of likely N-dealkylation sites (N-methyl/N-ethyl adjacent to an activating group) is 1. The molecule has 1 heterocycles. The van der Waals surface area contributed by atoms with Crippen molar-refractivity contribution in [2.75, 3.05) is 19.3 Å². The first-order chi connectivity index (χ1) is 8.03. The molecule has 1 aromatic rings. The number of hydrogen-bond donors (Lipinski definition) is 1. The minimum Gasteiger partial charge on any atom is -0.318 e. The van der Waals surface area contributed by atoms with Crippen molar-refractivity contribution >= 4 is 11.8 Å². The van der Waals surface area contributed by atoms with Gasteiger partial charge in [-0.25, -0.2) is 4.68 Å². The number of alkyl halides is 3. The molecule has 0 radical (unpaired) electrons. The SMILES string of the molecule is CNCCn1nnnc1SCCCC(F)(F)F. The summed E-state index contributed by atoms with van der Waals surface area (Å²) >= 11 is 1.24. The molecule has 0 aliphatic heterocycles. The maximum Gasteiger partial charge on any atom is 0.389 e. The maximum atomic E-state index is 11.9. The molecule has 1 aromatic heterocycles. The number of thioether (sulfide) groups is 1. The Morgan fingerprint density at radius 1 is 1.41 bits per heavy atom. The number of nitrogens with one attached hydrogen (secondary N) is 1. The van der Waals surface area contributed by atoms with E-state index in [0.717, 1.165) is 0 Å². The third-order valence-corrected chi connectivity index (χ3v) is 2.95. The molecule has 0 atom stereocenters. The van der Waals surface area contributed by atoms with E-state index in [0.29, 0.717) is 24.0 Å². The summed E-state index contributed by atoms with van der Waals surface area (Å²) in [5.41, 5.74) is 0. The zero-order valence-electron chi connectivity index (χ0n) is 9.37. The number of nitrogens with zero attached hydrogens (tertiary/aromatic N) is 4. The standard InChI is InChI=1S/C8H14F3N5S/c1-12-4-5-16-7(13-14-15-16)17-6-2-3-8(9,10)11/h12H,2-6H2,1H3. The Balaban J connectivity index is 2.29. The third-order valence-electron chi connectivity index (χ3n) is 1.91. The minimum absolute atomic E-state index is 0.0764. The summed E-state index contributed by atoms with van der Waals surface area (Å²) in [4.78, 5) is 0. The van der Waals surface area contributed by atoms with Crippen LogP contribution in [0.2, 0.25) is 0 Å². The second-order valence-electron chi connectivity index (χ2n) is 3.36. The Labute approximate surface area is 101 Å². The molecule has 0 aromatic carbocycles. The molecule has 1 N–H and O–H groups in total. The van der Waals surface area contributed by atoms with Gasteiger partial charge >= 0.3 is 6.18 Å². The van der Waals surface area contributed by atoms with Crippen LogP contribution in [0.5, 0.6) is 0 Å². The second-order valence-corrected chi connectivity index (χ2v) is 4.42. The van der Waals surface area contributed by atoms with E-state index < -0.39 is 12.6 Å². The molecule has 0 spiro atoms. The van der Waals surface area contributed by atoms with Crippen molar-refractivity contribution in [3.63, 3.8) is 0 Å². The summed E-state index contributed by atoms with van der Waals surface area (Å²) < 4.78 is 37.3. The fourth-order valence-electron chi connectivity index (χ4n) is 1.09. The van der Waals surface area contributed by atoms with Crippen molar-refractivity contribution in [2.45, 2.75) is 30.7 Å². The number of rotatable bonds is 7. The van der Waals surface area contributed by atoms with Crippen LogP contribution in [0.1, 0.15) is 12.8 Å². The van der Waals surface area contributed by atoms with Gasteiger partial charge in [0.1, 0.15) is 0 Å². The van der Waals surface area contributed by atoms with Crippen molar-refractivity contribution in [2.24, 2.45) is 0 Å². The molecule has 0 aliphatic carbocycles. The predicted octanol–water partition coefficient (Wildman–Crippen LogP) is 1.33. The van der Waals surface area contributed by atoms with Gasteiger partial charge in [-0.2, -0.15) is 13.2 Å². The molecule has 98 valence electrons. The topological polar surface area (TPSA) is 55.6 Å². The van der Waals surface area contributed by atoms with E-state index >= 15 is 0 Å². The Kier molecular flexibility index (Phi) is 5.69. The van der Waals surface area contributed by atoms with Gasteiger partial charge < -0.3 is 5.32 Å². The first-order valence-electron chi connectivity index (χ1n) is 5.13. The zero-order chi connectivity index (χ0) is 12.7. The fourth-order valence-corrected chi connectivity index (χ4v) is 1.94. The lowest BCUT2D eigenvalue weighted by atomic mass is 10.3. The quantitative estimate of drug-likeness (QED) is 0.598. The van der Waals surface area contributed by atoms with Gasteiger partial charge in [-0.05, 0) is 23.9 Å². The molecule has 5 nitrogen and oxygen atoms in total. The molecule has 0 bridgehead atoms. The lowest BCUT2D eigenvalue weighted by molar-refractivity contribution is -0.134. The highest BCUT2D eigenvalue weighted by atomic mass is 32.2. The highest BCUT2D eigenvalue weighted by Crippen LogP contribution is 2.24. The van der Waals surface area contributed by atoms with E-state index in [1.54, 1.807) is 11.7 Å². The summed E-state index contributed by atoms with van der Waals surface area (Å²) in [5.74, 6) is 0.361. The van der Waals surface area contributed by atoms with Crippen LogP contribution in [-0.4, -0.2) is 45.7 Å². The number of halogens is 3. The molecule has 1 rings (SSSR count). The van der Waals surface area contributed by atoms with Gasteiger partial charge in [0.05, 0.1) is 6.54 Å². The molecular weight excluding hydrogens is 255 g/mol. The summed E-state index contributed by atoms with van der Waals surface area (Å²) in [6.45, 7) is 1.31. The summed E-state index contributed by atoms with van der Waals surface area (Å²) in [7, 11) is 1.81. The van der Waals surface area contributed by atoms with Crippen molar-refractivity contribution in [1.82, 2.24) is 25.5 Å². The first kappa shape index (κ1) is 14.2. The molecule has 0 saturated heterocycles. The molecule has 0 fully saturated rings. The van der Waals surface area contributed by atoms with Gasteiger partial charge in [0.2, 0.25) is 5.16 Å². The average Bonchev–Trinajstić information content (AvgIpc) is 2.67. The van der Waals surface area contributed by atoms with Gasteiger partial charge in [-0.15, -0.1) is 5.10 Å². The maximum absolute atomic E-state index is 11.9. The van der Waals surface area contributed by atoms with Crippen LogP contribution in [0.3, 0.4) is 0 Å². The van der Waals surface area contributed by atoms with Crippen LogP contribution < -0.4 is 5.32 Å². The minimum atomic E-state index is -4.08. The van der Waals surface area contributed by atoms with Crippen LogP contribution in [0.4, 0.5) is 13.2 Å². The van der Waals surface area contributed by atoms with Crippen molar-refractivity contribution in [3.05, 3.63) is 0 Å². The van der Waals surface area contributed by atoms with Gasteiger partial charge in [-0.3, -0.25) is 0 Å². The summed E-state index contributed by atoms with van der Waals surface area (Å²) in [6, 6.07) is 0. The number of tetrazole rings is 1. The molecule has 17 heavy (non-hydrogen) atoms. The highest BCUT2D eigenvalue weighted by Gasteiger charge is 2.26. The third kappa shape index (κ3) is 5.87. The molecular formula is C8H14F3N5S. The Bertz CT molecular complexity index is 327. The van der Waals surface area contributed by atoms with Gasteiger partial charge in [0.25, 0.3) is 0 Å². The fraction of sp³-hybridized carbons (Fsp3) is 0.875. The van der Waals surface area contributed by atoms with E-state index in [2.05, 4.69) is 20.8 Å². The van der Waals surface area contributed by atoms with E-state index in [1.807, 2.05) is 0 Å².